The van der Waals surface area contributed by atoms with E-state index in [1.165, 1.54) is 18.5 Å². The summed E-state index contributed by atoms with van der Waals surface area (Å²) < 4.78 is 0. The van der Waals surface area contributed by atoms with Crippen LogP contribution in [0.2, 0.25) is 0 Å². The number of nitrogens with one attached hydrogen (secondary N) is 1. The fourth-order valence-electron chi connectivity index (χ4n) is 2.96. The summed E-state index contributed by atoms with van der Waals surface area (Å²) in [5.74, 6) is 2.19. The molecule has 0 bridgehead atoms. The van der Waals surface area contributed by atoms with Gasteiger partial charge in [-0.1, -0.05) is 13.8 Å². The minimum absolute atomic E-state index is 0.397. The van der Waals surface area contributed by atoms with E-state index in [0.29, 0.717) is 12.0 Å². The van der Waals surface area contributed by atoms with E-state index in [1.54, 1.807) is 0 Å². The summed E-state index contributed by atoms with van der Waals surface area (Å²) in [4.78, 5) is 3.36. The molecule has 1 aliphatic carbocycles. The Morgan fingerprint density at radius 2 is 2.20 bits per heavy atom. The summed E-state index contributed by atoms with van der Waals surface area (Å²) in [6, 6.07) is 4.69. The van der Waals surface area contributed by atoms with Gasteiger partial charge in [-0.15, -0.1) is 0 Å². The van der Waals surface area contributed by atoms with E-state index in [2.05, 4.69) is 31.0 Å². The minimum Gasteiger partial charge on any atom is -0.365 e. The van der Waals surface area contributed by atoms with Crippen LogP contribution in [-0.2, 0) is 0 Å². The van der Waals surface area contributed by atoms with Crippen LogP contribution in [0.3, 0.4) is 0 Å². The Morgan fingerprint density at radius 3 is 2.80 bits per heavy atom. The zero-order valence-electron chi connectivity index (χ0n) is 9.74. The monoisotopic (exact) mass is 206 g/mol. The molecule has 0 radical (unpaired) electrons. The average Bonchev–Trinajstić information content (AvgIpc) is 2.69. The van der Waals surface area contributed by atoms with Crippen LogP contribution < -0.4 is 5.73 Å². The van der Waals surface area contributed by atoms with Gasteiger partial charge >= 0.3 is 0 Å². The van der Waals surface area contributed by atoms with E-state index in [1.807, 2.05) is 6.20 Å². The number of rotatable bonds is 2. The molecule has 1 fully saturated rings. The molecule has 0 aliphatic heterocycles. The number of aromatic nitrogens is 1. The van der Waals surface area contributed by atoms with Crippen LogP contribution in [0.1, 0.15) is 44.7 Å². The first-order valence-corrected chi connectivity index (χ1v) is 6.07. The molecule has 2 rings (SSSR count). The van der Waals surface area contributed by atoms with Gasteiger partial charge in [-0.3, -0.25) is 0 Å². The molecule has 1 aliphatic rings. The zero-order valence-corrected chi connectivity index (χ0v) is 9.74. The predicted molar refractivity (Wildman–Crippen MR) is 63.7 cm³/mol. The van der Waals surface area contributed by atoms with E-state index in [4.69, 9.17) is 5.73 Å². The molecule has 0 aromatic carbocycles. The fourth-order valence-corrected chi connectivity index (χ4v) is 2.96. The van der Waals surface area contributed by atoms with Gasteiger partial charge in [-0.05, 0) is 43.2 Å². The van der Waals surface area contributed by atoms with Crippen LogP contribution in [0.15, 0.2) is 18.3 Å². The van der Waals surface area contributed by atoms with Crippen molar-refractivity contribution in [1.82, 2.24) is 4.98 Å². The summed E-state index contributed by atoms with van der Waals surface area (Å²) in [5, 5.41) is 0. The highest BCUT2D eigenvalue weighted by molar-refractivity contribution is 5.13. The Hall–Kier alpha value is -0.760. The van der Waals surface area contributed by atoms with Gasteiger partial charge < -0.3 is 10.7 Å². The van der Waals surface area contributed by atoms with Crippen LogP contribution in [0.25, 0.3) is 0 Å². The van der Waals surface area contributed by atoms with Crippen molar-refractivity contribution in [1.29, 1.82) is 0 Å². The second-order valence-corrected chi connectivity index (χ2v) is 5.21. The number of aromatic amines is 1. The van der Waals surface area contributed by atoms with Crippen LogP contribution in [0.5, 0.6) is 0 Å². The number of hydrogen-bond acceptors (Lipinski definition) is 1. The highest BCUT2D eigenvalue weighted by atomic mass is 14.7. The molecule has 3 unspecified atom stereocenters. The largest absolute Gasteiger partial charge is 0.365 e. The molecular formula is C13H22N2. The number of H-pyrrole nitrogens is 1. The van der Waals surface area contributed by atoms with Gasteiger partial charge in [0.25, 0.3) is 0 Å². The maximum absolute atomic E-state index is 6.08. The summed E-state index contributed by atoms with van der Waals surface area (Å²) in [6.07, 6.45) is 5.64. The van der Waals surface area contributed by atoms with Crippen LogP contribution >= 0.6 is 0 Å². The zero-order chi connectivity index (χ0) is 10.8. The van der Waals surface area contributed by atoms with Gasteiger partial charge in [-0.2, -0.15) is 0 Å². The van der Waals surface area contributed by atoms with E-state index >= 15 is 0 Å². The molecule has 1 saturated carbocycles. The molecule has 1 aromatic rings. The Bertz CT molecular complexity index is 289. The lowest BCUT2D eigenvalue weighted by atomic mass is 9.71. The summed E-state index contributed by atoms with van der Waals surface area (Å²) in [6.45, 7) is 4.66. The van der Waals surface area contributed by atoms with Crippen molar-refractivity contribution in [2.75, 3.05) is 0 Å². The lowest BCUT2D eigenvalue weighted by molar-refractivity contribution is 0.218. The van der Waals surface area contributed by atoms with Crippen LogP contribution in [0.4, 0.5) is 0 Å². The molecule has 1 heterocycles. The molecule has 3 atom stereocenters. The lowest BCUT2D eigenvalue weighted by Gasteiger charge is -2.36. The van der Waals surface area contributed by atoms with Crippen LogP contribution in [-0.4, -0.2) is 11.0 Å². The van der Waals surface area contributed by atoms with Gasteiger partial charge in [0.1, 0.15) is 0 Å². The Morgan fingerprint density at radius 1 is 1.40 bits per heavy atom. The van der Waals surface area contributed by atoms with Crippen molar-refractivity contribution in [2.45, 2.75) is 45.1 Å². The smallest absolute Gasteiger partial charge is 0.0182 e. The normalized spacial score (nSPS) is 32.1. The second kappa shape index (κ2) is 4.40. The number of nitrogens with two attached hydrogens (primary N) is 1. The molecule has 0 amide bonds. The highest BCUT2D eigenvalue weighted by Gasteiger charge is 2.32. The van der Waals surface area contributed by atoms with Crippen molar-refractivity contribution in [3.63, 3.8) is 0 Å². The van der Waals surface area contributed by atoms with Crippen molar-refractivity contribution >= 4 is 0 Å². The molecule has 3 N–H and O–H groups in total. The molecule has 2 nitrogen and oxygen atoms in total. The summed E-state index contributed by atoms with van der Waals surface area (Å²) >= 11 is 0. The van der Waals surface area contributed by atoms with E-state index in [0.717, 1.165) is 18.3 Å². The quantitative estimate of drug-likeness (QED) is 0.767. The highest BCUT2D eigenvalue weighted by Crippen LogP contribution is 2.40. The van der Waals surface area contributed by atoms with E-state index in [-0.39, 0.29) is 0 Å². The third-order valence-electron chi connectivity index (χ3n) is 3.82. The third kappa shape index (κ3) is 2.25. The van der Waals surface area contributed by atoms with Gasteiger partial charge in [0.2, 0.25) is 0 Å². The standard InChI is InChI=1S/C13H22N2/c1-9(2)11-6-5-10(14)8-12(11)13-4-3-7-15-13/h3-4,7,9-12,15H,5-6,8,14H2,1-2H3. The molecule has 15 heavy (non-hydrogen) atoms. The topological polar surface area (TPSA) is 41.8 Å². The van der Waals surface area contributed by atoms with Gasteiger partial charge in [0.05, 0.1) is 0 Å². The Balaban J connectivity index is 2.17. The molecule has 84 valence electrons. The van der Waals surface area contributed by atoms with E-state index < -0.39 is 0 Å². The maximum Gasteiger partial charge on any atom is 0.0182 e. The number of hydrogen-bond donors (Lipinski definition) is 2. The first-order valence-electron chi connectivity index (χ1n) is 6.07. The Labute approximate surface area is 92.3 Å². The van der Waals surface area contributed by atoms with Crippen molar-refractivity contribution in [3.05, 3.63) is 24.0 Å². The van der Waals surface area contributed by atoms with Gasteiger partial charge in [0, 0.05) is 23.9 Å². The SMILES string of the molecule is CC(C)C1CCC(N)CC1c1ccc[nH]1. The predicted octanol–water partition coefficient (Wildman–Crippen LogP) is 2.88. The van der Waals surface area contributed by atoms with Gasteiger partial charge in [0.15, 0.2) is 0 Å². The average molecular weight is 206 g/mol. The Kier molecular flexibility index (Phi) is 3.15. The molecule has 0 spiro atoms. The van der Waals surface area contributed by atoms with Gasteiger partial charge in [-0.25, -0.2) is 0 Å². The summed E-state index contributed by atoms with van der Waals surface area (Å²) in [7, 11) is 0. The molecular weight excluding hydrogens is 184 g/mol. The third-order valence-corrected chi connectivity index (χ3v) is 3.82. The first-order chi connectivity index (χ1) is 7.18. The minimum atomic E-state index is 0.397. The maximum atomic E-state index is 6.08. The van der Waals surface area contributed by atoms with E-state index in [9.17, 15) is 0 Å². The molecule has 0 saturated heterocycles. The molecule has 1 aromatic heterocycles. The summed E-state index contributed by atoms with van der Waals surface area (Å²) in [5.41, 5.74) is 7.46. The van der Waals surface area contributed by atoms with Crippen molar-refractivity contribution in [3.8, 4) is 0 Å². The van der Waals surface area contributed by atoms with Crippen molar-refractivity contribution < 1.29 is 0 Å². The lowest BCUT2D eigenvalue weighted by Crippen LogP contribution is -2.34. The first kappa shape index (κ1) is 10.7. The molecule has 2 heteroatoms. The second-order valence-electron chi connectivity index (χ2n) is 5.21. The van der Waals surface area contributed by atoms with Crippen LogP contribution in [0, 0.1) is 11.8 Å². The fraction of sp³-hybridized carbons (Fsp3) is 0.692. The van der Waals surface area contributed by atoms with Crippen molar-refractivity contribution in [2.24, 2.45) is 17.6 Å².